The van der Waals surface area contributed by atoms with E-state index < -0.39 is 0 Å². The molecule has 0 aliphatic heterocycles. The van der Waals surface area contributed by atoms with Crippen LogP contribution in [0.25, 0.3) is 0 Å². The molecule has 0 aromatic carbocycles. The molecule has 0 amide bonds. The van der Waals surface area contributed by atoms with E-state index >= 15 is 0 Å². The van der Waals surface area contributed by atoms with Crippen LogP contribution in [0.3, 0.4) is 0 Å². The van der Waals surface area contributed by atoms with Gasteiger partial charge in [-0.25, -0.2) is 0 Å². The summed E-state index contributed by atoms with van der Waals surface area (Å²) in [6, 6.07) is 0. The molecular weight excluding hydrogens is 623 g/mol. The minimum absolute atomic E-state index is 0. The predicted molar refractivity (Wildman–Crippen MR) is 197 cm³/mol. The van der Waals surface area contributed by atoms with Crippen LogP contribution in [0.5, 0.6) is 0 Å². The van der Waals surface area contributed by atoms with Crippen molar-refractivity contribution in [3.8, 4) is 0 Å². The zero-order valence-corrected chi connectivity index (χ0v) is 31.9. The Hall–Kier alpha value is 0.714. The molecule has 0 unspecified atom stereocenters. The van der Waals surface area contributed by atoms with Gasteiger partial charge in [-0.15, -0.1) is 0 Å². The molecule has 0 aliphatic rings. The van der Waals surface area contributed by atoms with Crippen LogP contribution in [0.2, 0.25) is 0 Å². The van der Waals surface area contributed by atoms with Gasteiger partial charge in [0.1, 0.15) is 0 Å². The van der Waals surface area contributed by atoms with Gasteiger partial charge in [0.25, 0.3) is 0 Å². The maximum atomic E-state index is 5.20. The topological polar surface area (TPSA) is 6.48 Å². The Morgan fingerprint density at radius 1 is 0.366 bits per heavy atom. The first kappa shape index (κ1) is 46.1. The molecule has 248 valence electrons. The van der Waals surface area contributed by atoms with Crippen molar-refractivity contribution in [3.63, 3.8) is 0 Å². The van der Waals surface area contributed by atoms with Crippen LogP contribution >= 0.6 is 24.4 Å². The van der Waals surface area contributed by atoms with Crippen LogP contribution in [0.15, 0.2) is 0 Å². The number of hydrogen-bond acceptors (Lipinski definition) is 4. The number of unbranched alkanes of at least 4 members (excludes halogenated alkanes) is 20. The Kier molecular flexibility index (Phi) is 43.6. The van der Waals surface area contributed by atoms with E-state index in [2.05, 4.69) is 37.5 Å². The van der Waals surface area contributed by atoms with Gasteiger partial charge in [0.05, 0.1) is 0 Å². The zero-order chi connectivity index (χ0) is 30.1. The summed E-state index contributed by atoms with van der Waals surface area (Å²) in [5, 5.41) is 0. The molecule has 0 radical (unpaired) electrons. The van der Waals surface area contributed by atoms with Crippen molar-refractivity contribution in [2.24, 2.45) is 0 Å². The van der Waals surface area contributed by atoms with Crippen LogP contribution in [0.1, 0.15) is 182 Å². The van der Waals surface area contributed by atoms with Gasteiger partial charge in [-0.3, -0.25) is 0 Å². The van der Waals surface area contributed by atoms with Crippen LogP contribution in [0, 0.1) is 0 Å². The fourth-order valence-electron chi connectivity index (χ4n) is 4.92. The summed E-state index contributed by atoms with van der Waals surface area (Å²) >= 11 is 20.8. The second kappa shape index (κ2) is 38.7. The summed E-state index contributed by atoms with van der Waals surface area (Å²) in [6.45, 7) is 13.3. The van der Waals surface area contributed by atoms with Crippen LogP contribution in [0.4, 0.5) is 0 Å². The molecule has 0 aliphatic carbocycles. The van der Waals surface area contributed by atoms with Crippen LogP contribution in [-0.2, 0) is 41.7 Å². The molecule has 0 aromatic rings. The molecule has 2 nitrogen and oxygen atoms in total. The molecule has 0 saturated carbocycles. The van der Waals surface area contributed by atoms with Crippen molar-refractivity contribution < 1.29 is 16.5 Å². The Labute approximate surface area is 290 Å². The molecule has 7 heteroatoms. The number of nitrogens with zero attached hydrogens (tertiary/aromatic N) is 2. The SMILES string of the molecule is CCCCCCCCN(CCCCCCCC)C(=S)[S-].CCCCCCCCN(CCCCCCCC)C(=S)[S-].[Ni+2]. The monoisotopic (exact) mass is 690 g/mol. The van der Waals surface area contributed by atoms with E-state index in [0.717, 1.165) is 26.2 Å². The Balaban J connectivity index is -0.000000688. The fourth-order valence-corrected chi connectivity index (χ4v) is 5.65. The molecule has 0 heterocycles. The number of rotatable bonds is 28. The van der Waals surface area contributed by atoms with Crippen LogP contribution in [-0.4, -0.2) is 44.6 Å². The normalized spacial score (nSPS) is 10.4. The van der Waals surface area contributed by atoms with E-state index in [9.17, 15) is 0 Å². The predicted octanol–water partition coefficient (Wildman–Crippen LogP) is 11.7. The average molecular weight is 692 g/mol. The summed E-state index contributed by atoms with van der Waals surface area (Å²) in [5.41, 5.74) is 0. The van der Waals surface area contributed by atoms with Crippen LogP contribution < -0.4 is 0 Å². The summed E-state index contributed by atoms with van der Waals surface area (Å²) in [4.78, 5) is 4.48. The first-order valence-electron chi connectivity index (χ1n) is 17.4. The van der Waals surface area contributed by atoms with Crippen molar-refractivity contribution in [2.45, 2.75) is 182 Å². The van der Waals surface area contributed by atoms with E-state index in [0.29, 0.717) is 8.64 Å². The Morgan fingerprint density at radius 2 is 0.537 bits per heavy atom. The van der Waals surface area contributed by atoms with Crippen molar-refractivity contribution >= 4 is 58.3 Å². The minimum Gasteiger partial charge on any atom is -0.411 e. The first-order valence-corrected chi connectivity index (χ1v) is 19.0. The summed E-state index contributed by atoms with van der Waals surface area (Å²) in [7, 11) is 0. The largest absolute Gasteiger partial charge is 2.00 e. The number of thiocarbonyl (C=S) groups is 2. The fraction of sp³-hybridized carbons (Fsp3) is 0.941. The van der Waals surface area contributed by atoms with Gasteiger partial charge in [0, 0.05) is 26.2 Å². The molecule has 0 bridgehead atoms. The molecule has 0 saturated heterocycles. The van der Waals surface area contributed by atoms with Gasteiger partial charge in [0.2, 0.25) is 0 Å². The van der Waals surface area contributed by atoms with Gasteiger partial charge >= 0.3 is 16.5 Å². The van der Waals surface area contributed by atoms with Crippen molar-refractivity contribution in [3.05, 3.63) is 0 Å². The van der Waals surface area contributed by atoms with Gasteiger partial charge in [-0.1, -0.05) is 165 Å². The maximum absolute atomic E-state index is 5.20. The quantitative estimate of drug-likeness (QED) is 0.0346. The zero-order valence-electron chi connectivity index (χ0n) is 27.6. The molecule has 0 aromatic heterocycles. The second-order valence-electron chi connectivity index (χ2n) is 11.6. The van der Waals surface area contributed by atoms with E-state index in [1.165, 1.54) is 154 Å². The standard InChI is InChI=1S/2C17H35NS2.Ni/c2*1-3-5-7-9-11-13-15-18(17(19)20)16-14-12-10-8-6-4-2;/h2*3-16H2,1-2H3,(H,19,20);/q;;+2/p-2. The summed E-state index contributed by atoms with van der Waals surface area (Å²) in [6.07, 6.45) is 32.0. The molecule has 0 fully saturated rings. The van der Waals surface area contributed by atoms with Crippen molar-refractivity contribution in [1.29, 1.82) is 0 Å². The van der Waals surface area contributed by atoms with Gasteiger partial charge < -0.3 is 59.5 Å². The van der Waals surface area contributed by atoms with E-state index in [4.69, 9.17) is 49.7 Å². The third-order valence-corrected chi connectivity index (χ3v) is 8.68. The molecule has 0 atom stereocenters. The van der Waals surface area contributed by atoms with E-state index in [-0.39, 0.29) is 16.5 Å². The van der Waals surface area contributed by atoms with E-state index in [1.807, 2.05) is 0 Å². The van der Waals surface area contributed by atoms with Gasteiger partial charge in [0.15, 0.2) is 0 Å². The van der Waals surface area contributed by atoms with Crippen molar-refractivity contribution in [2.75, 3.05) is 26.2 Å². The number of hydrogen-bond donors (Lipinski definition) is 0. The van der Waals surface area contributed by atoms with Gasteiger partial charge in [-0.05, 0) is 25.7 Å². The van der Waals surface area contributed by atoms with E-state index in [1.54, 1.807) is 0 Å². The maximum Gasteiger partial charge on any atom is 2.00 e. The summed E-state index contributed by atoms with van der Waals surface area (Å²) < 4.78 is 1.35. The Bertz CT molecular complexity index is 459. The molecule has 0 spiro atoms. The molecular formula is C34H68N2NiS4. The van der Waals surface area contributed by atoms with Gasteiger partial charge in [-0.2, -0.15) is 0 Å². The first-order chi connectivity index (χ1) is 19.4. The Morgan fingerprint density at radius 3 is 0.707 bits per heavy atom. The second-order valence-corrected chi connectivity index (χ2v) is 13.6. The average Bonchev–Trinajstić information content (AvgIpc) is 2.93. The smallest absolute Gasteiger partial charge is 0.411 e. The molecule has 0 N–H and O–H groups in total. The third-order valence-electron chi connectivity index (χ3n) is 7.64. The summed E-state index contributed by atoms with van der Waals surface area (Å²) in [5.74, 6) is 0. The third kappa shape index (κ3) is 36.8. The van der Waals surface area contributed by atoms with Crippen molar-refractivity contribution in [1.82, 2.24) is 9.80 Å². The molecule has 0 rings (SSSR count). The minimum atomic E-state index is 0. The molecule has 41 heavy (non-hydrogen) atoms.